The second-order valence-corrected chi connectivity index (χ2v) is 5.82. The Bertz CT molecular complexity index is 668. The summed E-state index contributed by atoms with van der Waals surface area (Å²) in [6.45, 7) is -2.31. The molecule has 2 aromatic rings. The summed E-state index contributed by atoms with van der Waals surface area (Å²) in [6.07, 6.45) is 1.61. The highest BCUT2D eigenvalue weighted by Gasteiger charge is 2.13. The lowest BCUT2D eigenvalue weighted by Gasteiger charge is -2.17. The molecule has 0 bridgehead atoms. The van der Waals surface area contributed by atoms with Crippen LogP contribution >= 0.6 is 11.3 Å². The molecule has 130 valence electrons. The molecule has 0 fully saturated rings. The molecule has 1 heterocycles. The van der Waals surface area contributed by atoms with Gasteiger partial charge < -0.3 is 14.8 Å². The van der Waals surface area contributed by atoms with Crippen molar-refractivity contribution in [1.82, 2.24) is 9.88 Å². The molecule has 0 unspecified atom stereocenters. The minimum absolute atomic E-state index is 0.0274. The number of aromatic nitrogens is 1. The Labute approximate surface area is 142 Å². The van der Waals surface area contributed by atoms with Gasteiger partial charge in [0.05, 0.1) is 13.7 Å². The number of benzene rings is 1. The highest BCUT2D eigenvalue weighted by atomic mass is 32.1. The summed E-state index contributed by atoms with van der Waals surface area (Å²) in [5.41, 5.74) is 0.804. The van der Waals surface area contributed by atoms with Crippen LogP contribution in [-0.2, 0) is 11.3 Å². The third-order valence-electron chi connectivity index (χ3n) is 2.99. The number of ether oxygens (including phenoxy) is 2. The third kappa shape index (κ3) is 5.43. The number of thiazole rings is 1. The largest absolute Gasteiger partial charge is 0.493 e. The van der Waals surface area contributed by atoms with Gasteiger partial charge in [0.25, 0.3) is 0 Å². The van der Waals surface area contributed by atoms with Gasteiger partial charge in [0.1, 0.15) is 0 Å². The Morgan fingerprint density at radius 3 is 2.83 bits per heavy atom. The number of carbonyl (C=O) groups is 1. The number of hydrogen-bond donors (Lipinski definition) is 1. The summed E-state index contributed by atoms with van der Waals surface area (Å²) >= 11 is 1.34. The van der Waals surface area contributed by atoms with E-state index in [1.165, 1.54) is 24.5 Å². The molecule has 0 spiro atoms. The van der Waals surface area contributed by atoms with E-state index in [1.807, 2.05) is 0 Å². The third-order valence-corrected chi connectivity index (χ3v) is 3.68. The van der Waals surface area contributed by atoms with Gasteiger partial charge in [-0.25, -0.2) is 4.98 Å². The Hall–Kier alpha value is -2.26. The second-order valence-electron chi connectivity index (χ2n) is 4.92. The SMILES string of the molecule is COc1cc(CN(C)CC(=O)Nc2nccs2)ccc1OC(F)F. The van der Waals surface area contributed by atoms with E-state index >= 15 is 0 Å². The lowest BCUT2D eigenvalue weighted by molar-refractivity contribution is -0.117. The maximum atomic E-state index is 12.3. The van der Waals surface area contributed by atoms with Gasteiger partial charge in [-0.1, -0.05) is 6.07 Å². The van der Waals surface area contributed by atoms with E-state index in [1.54, 1.807) is 35.7 Å². The molecular formula is C15H17F2N3O3S. The lowest BCUT2D eigenvalue weighted by atomic mass is 10.2. The first-order chi connectivity index (χ1) is 11.5. The summed E-state index contributed by atoms with van der Waals surface area (Å²) in [4.78, 5) is 17.7. The van der Waals surface area contributed by atoms with Gasteiger partial charge in [-0.2, -0.15) is 8.78 Å². The van der Waals surface area contributed by atoms with Crippen LogP contribution in [0.2, 0.25) is 0 Å². The van der Waals surface area contributed by atoms with Crippen LogP contribution < -0.4 is 14.8 Å². The number of methoxy groups -OCH3 is 1. The van der Waals surface area contributed by atoms with Crippen LogP contribution in [0, 0.1) is 0 Å². The highest BCUT2D eigenvalue weighted by molar-refractivity contribution is 7.13. The Kier molecular flexibility index (Phi) is 6.44. The quantitative estimate of drug-likeness (QED) is 0.787. The highest BCUT2D eigenvalue weighted by Crippen LogP contribution is 2.29. The number of anilines is 1. The number of halogens is 2. The molecule has 0 aliphatic heterocycles. The smallest absolute Gasteiger partial charge is 0.387 e. The fraction of sp³-hybridized carbons (Fsp3) is 0.333. The molecule has 6 nitrogen and oxygen atoms in total. The molecule has 1 amide bonds. The van der Waals surface area contributed by atoms with E-state index < -0.39 is 6.61 Å². The molecule has 0 radical (unpaired) electrons. The molecule has 0 saturated heterocycles. The van der Waals surface area contributed by atoms with Crippen molar-refractivity contribution >= 4 is 22.4 Å². The summed E-state index contributed by atoms with van der Waals surface area (Å²) in [7, 11) is 3.15. The maximum absolute atomic E-state index is 12.3. The zero-order valence-electron chi connectivity index (χ0n) is 13.2. The molecule has 1 aromatic heterocycles. The number of carbonyl (C=O) groups excluding carboxylic acids is 1. The zero-order chi connectivity index (χ0) is 17.5. The predicted molar refractivity (Wildman–Crippen MR) is 86.7 cm³/mol. The first-order valence-corrected chi connectivity index (χ1v) is 7.85. The van der Waals surface area contributed by atoms with E-state index in [0.717, 1.165) is 5.56 Å². The van der Waals surface area contributed by atoms with Crippen LogP contribution in [0.5, 0.6) is 11.5 Å². The van der Waals surface area contributed by atoms with E-state index in [4.69, 9.17) is 4.74 Å². The van der Waals surface area contributed by atoms with Crippen molar-refractivity contribution in [2.75, 3.05) is 26.0 Å². The summed E-state index contributed by atoms with van der Waals surface area (Å²) in [5, 5.41) is 5.01. The summed E-state index contributed by atoms with van der Waals surface area (Å²) in [6, 6.07) is 4.67. The van der Waals surface area contributed by atoms with Crippen molar-refractivity contribution in [2.45, 2.75) is 13.2 Å². The van der Waals surface area contributed by atoms with E-state index in [9.17, 15) is 13.6 Å². The number of likely N-dealkylation sites (N-methyl/N-ethyl adjacent to an activating group) is 1. The molecule has 0 atom stereocenters. The van der Waals surface area contributed by atoms with E-state index in [0.29, 0.717) is 11.7 Å². The van der Waals surface area contributed by atoms with Gasteiger partial charge in [0, 0.05) is 18.1 Å². The number of hydrogen-bond acceptors (Lipinski definition) is 6. The standard InChI is InChI=1S/C15H17F2N3O3S/c1-20(9-13(21)19-15-18-5-6-24-15)8-10-3-4-11(23-14(16)17)12(7-10)22-2/h3-7,14H,8-9H2,1-2H3,(H,18,19,21). The average molecular weight is 357 g/mol. The lowest BCUT2D eigenvalue weighted by Crippen LogP contribution is -2.29. The predicted octanol–water partition coefficient (Wildman–Crippen LogP) is 2.82. The first-order valence-electron chi connectivity index (χ1n) is 6.97. The van der Waals surface area contributed by atoms with Crippen LogP contribution in [0.4, 0.5) is 13.9 Å². The molecule has 1 N–H and O–H groups in total. The van der Waals surface area contributed by atoms with Crippen molar-refractivity contribution in [3.8, 4) is 11.5 Å². The minimum Gasteiger partial charge on any atom is -0.493 e. The molecule has 0 aliphatic rings. The average Bonchev–Trinajstić information content (AvgIpc) is 3.00. The topological polar surface area (TPSA) is 63.7 Å². The van der Waals surface area contributed by atoms with Gasteiger partial charge in [-0.05, 0) is 24.7 Å². The molecule has 2 rings (SSSR count). The Balaban J connectivity index is 1.93. The number of amides is 1. The van der Waals surface area contributed by atoms with Gasteiger partial charge in [-0.3, -0.25) is 9.69 Å². The molecule has 24 heavy (non-hydrogen) atoms. The van der Waals surface area contributed by atoms with Crippen molar-refractivity contribution in [3.63, 3.8) is 0 Å². The van der Waals surface area contributed by atoms with Crippen molar-refractivity contribution < 1.29 is 23.0 Å². The van der Waals surface area contributed by atoms with Crippen LogP contribution in [0.25, 0.3) is 0 Å². The summed E-state index contributed by atoms with van der Waals surface area (Å²) < 4.78 is 34.1. The molecule has 0 saturated carbocycles. The first kappa shape index (κ1) is 18.1. The number of nitrogens with zero attached hydrogens (tertiary/aromatic N) is 2. The van der Waals surface area contributed by atoms with Crippen LogP contribution in [0.3, 0.4) is 0 Å². The van der Waals surface area contributed by atoms with Crippen LogP contribution in [-0.4, -0.2) is 43.1 Å². The van der Waals surface area contributed by atoms with Crippen LogP contribution in [0.15, 0.2) is 29.8 Å². The van der Waals surface area contributed by atoms with Crippen LogP contribution in [0.1, 0.15) is 5.56 Å². The molecule has 1 aromatic carbocycles. The fourth-order valence-electron chi connectivity index (χ4n) is 2.06. The molecular weight excluding hydrogens is 340 g/mol. The van der Waals surface area contributed by atoms with Crippen molar-refractivity contribution in [2.24, 2.45) is 0 Å². The van der Waals surface area contributed by atoms with E-state index in [2.05, 4.69) is 15.0 Å². The van der Waals surface area contributed by atoms with Gasteiger partial charge >= 0.3 is 6.61 Å². The Morgan fingerprint density at radius 1 is 1.42 bits per heavy atom. The number of nitrogens with one attached hydrogen (secondary N) is 1. The molecule has 0 aliphatic carbocycles. The minimum atomic E-state index is -2.91. The maximum Gasteiger partial charge on any atom is 0.387 e. The Morgan fingerprint density at radius 2 is 2.21 bits per heavy atom. The fourth-order valence-corrected chi connectivity index (χ4v) is 2.61. The van der Waals surface area contributed by atoms with Gasteiger partial charge in [0.2, 0.25) is 5.91 Å². The van der Waals surface area contributed by atoms with Gasteiger partial charge in [0.15, 0.2) is 16.6 Å². The van der Waals surface area contributed by atoms with Crippen molar-refractivity contribution in [3.05, 3.63) is 35.3 Å². The number of alkyl halides is 2. The van der Waals surface area contributed by atoms with E-state index in [-0.39, 0.29) is 24.0 Å². The van der Waals surface area contributed by atoms with Crippen molar-refractivity contribution in [1.29, 1.82) is 0 Å². The number of rotatable bonds is 8. The molecule has 9 heteroatoms. The second kappa shape index (κ2) is 8.55. The summed E-state index contributed by atoms with van der Waals surface area (Å²) in [5.74, 6) is 0.00548. The normalized spacial score (nSPS) is 10.9. The zero-order valence-corrected chi connectivity index (χ0v) is 14.0. The monoisotopic (exact) mass is 357 g/mol. The van der Waals surface area contributed by atoms with Gasteiger partial charge in [-0.15, -0.1) is 11.3 Å².